The fourth-order valence-electron chi connectivity index (χ4n) is 2.42. The van der Waals surface area contributed by atoms with E-state index in [9.17, 15) is 4.79 Å². The van der Waals surface area contributed by atoms with Crippen molar-refractivity contribution in [2.24, 2.45) is 0 Å². The molecule has 1 aromatic heterocycles. The number of rotatable bonds is 4. The van der Waals surface area contributed by atoms with Crippen LogP contribution >= 0.6 is 0 Å². The van der Waals surface area contributed by atoms with Gasteiger partial charge in [0.25, 0.3) is 5.91 Å². The highest BCUT2D eigenvalue weighted by Crippen LogP contribution is 2.23. The minimum atomic E-state index is -0.166. The van der Waals surface area contributed by atoms with E-state index >= 15 is 0 Å². The second kappa shape index (κ2) is 6.48. The molecule has 116 valence electrons. The first kappa shape index (κ1) is 15.0. The molecule has 4 heteroatoms. The fourth-order valence-corrected chi connectivity index (χ4v) is 2.42. The van der Waals surface area contributed by atoms with Crippen LogP contribution in [-0.4, -0.2) is 17.6 Å². The van der Waals surface area contributed by atoms with Gasteiger partial charge in [0.1, 0.15) is 0 Å². The monoisotopic (exact) mass is 306 g/mol. The van der Waals surface area contributed by atoms with Gasteiger partial charge in [-0.25, -0.2) is 0 Å². The van der Waals surface area contributed by atoms with Gasteiger partial charge in [-0.15, -0.1) is 0 Å². The van der Waals surface area contributed by atoms with Crippen molar-refractivity contribution >= 4 is 11.6 Å². The molecule has 0 saturated carbocycles. The SMILES string of the molecule is CCN(C(=O)c1cc(-c2ccc(C)cc2)on1)c1ccccc1. The number of para-hydroxylation sites is 1. The Labute approximate surface area is 135 Å². The van der Waals surface area contributed by atoms with Gasteiger partial charge in [-0.05, 0) is 26.0 Å². The molecular formula is C19H18N2O2. The van der Waals surface area contributed by atoms with Crippen molar-refractivity contribution in [3.8, 4) is 11.3 Å². The fraction of sp³-hybridized carbons (Fsp3) is 0.158. The van der Waals surface area contributed by atoms with Gasteiger partial charge in [-0.1, -0.05) is 53.2 Å². The topological polar surface area (TPSA) is 46.3 Å². The standard InChI is InChI=1S/C19H18N2O2/c1-3-21(16-7-5-4-6-8-16)19(22)17-13-18(23-20-17)15-11-9-14(2)10-12-15/h4-13H,3H2,1-2H3. The molecule has 1 amide bonds. The minimum absolute atomic E-state index is 0.166. The highest BCUT2D eigenvalue weighted by molar-refractivity contribution is 6.05. The lowest BCUT2D eigenvalue weighted by Crippen LogP contribution is -2.30. The number of aryl methyl sites for hydroxylation is 1. The van der Waals surface area contributed by atoms with E-state index in [-0.39, 0.29) is 5.91 Å². The predicted octanol–water partition coefficient (Wildman–Crippen LogP) is 4.32. The number of benzene rings is 2. The maximum Gasteiger partial charge on any atom is 0.280 e. The third kappa shape index (κ3) is 3.16. The summed E-state index contributed by atoms with van der Waals surface area (Å²) in [6, 6.07) is 19.2. The van der Waals surface area contributed by atoms with Gasteiger partial charge in [-0.3, -0.25) is 4.79 Å². The molecule has 3 aromatic rings. The Bertz CT molecular complexity index is 792. The lowest BCUT2D eigenvalue weighted by molar-refractivity contribution is 0.0979. The highest BCUT2D eigenvalue weighted by Gasteiger charge is 2.20. The molecule has 4 nitrogen and oxygen atoms in total. The van der Waals surface area contributed by atoms with E-state index < -0.39 is 0 Å². The average molecular weight is 306 g/mol. The van der Waals surface area contributed by atoms with Crippen LogP contribution in [0.25, 0.3) is 11.3 Å². The zero-order valence-electron chi connectivity index (χ0n) is 13.2. The molecular weight excluding hydrogens is 288 g/mol. The summed E-state index contributed by atoms with van der Waals surface area (Å²) in [6.07, 6.45) is 0. The third-order valence-corrected chi connectivity index (χ3v) is 3.69. The lowest BCUT2D eigenvalue weighted by atomic mass is 10.1. The molecule has 2 aromatic carbocycles. The molecule has 0 bridgehead atoms. The van der Waals surface area contributed by atoms with E-state index in [2.05, 4.69) is 5.16 Å². The van der Waals surface area contributed by atoms with E-state index in [1.54, 1.807) is 11.0 Å². The van der Waals surface area contributed by atoms with Crippen molar-refractivity contribution in [1.29, 1.82) is 0 Å². The molecule has 0 aliphatic carbocycles. The van der Waals surface area contributed by atoms with Crippen LogP contribution in [0.4, 0.5) is 5.69 Å². The molecule has 0 aliphatic rings. The molecule has 3 rings (SSSR count). The summed E-state index contributed by atoms with van der Waals surface area (Å²) in [7, 11) is 0. The number of anilines is 1. The van der Waals surface area contributed by atoms with Crippen molar-refractivity contribution in [2.75, 3.05) is 11.4 Å². The molecule has 0 N–H and O–H groups in total. The van der Waals surface area contributed by atoms with E-state index in [1.165, 1.54) is 5.56 Å². The van der Waals surface area contributed by atoms with Crippen LogP contribution in [0.2, 0.25) is 0 Å². The van der Waals surface area contributed by atoms with Gasteiger partial charge < -0.3 is 9.42 Å². The lowest BCUT2D eigenvalue weighted by Gasteiger charge is -2.19. The molecule has 23 heavy (non-hydrogen) atoms. The summed E-state index contributed by atoms with van der Waals surface area (Å²) in [5, 5.41) is 3.94. The van der Waals surface area contributed by atoms with E-state index in [1.807, 2.05) is 68.4 Å². The normalized spacial score (nSPS) is 10.5. The van der Waals surface area contributed by atoms with Crippen molar-refractivity contribution < 1.29 is 9.32 Å². The number of carbonyl (C=O) groups is 1. The molecule has 0 spiro atoms. The van der Waals surface area contributed by atoms with E-state index in [0.29, 0.717) is 18.0 Å². The summed E-state index contributed by atoms with van der Waals surface area (Å²) in [4.78, 5) is 14.4. The van der Waals surface area contributed by atoms with Gasteiger partial charge in [0.2, 0.25) is 0 Å². The molecule has 0 aliphatic heterocycles. The van der Waals surface area contributed by atoms with Crippen LogP contribution in [0, 0.1) is 6.92 Å². The molecule has 0 fully saturated rings. The number of carbonyl (C=O) groups excluding carboxylic acids is 1. The Morgan fingerprint density at radius 3 is 2.43 bits per heavy atom. The van der Waals surface area contributed by atoms with Crippen LogP contribution in [0.1, 0.15) is 23.0 Å². The first-order valence-electron chi connectivity index (χ1n) is 7.59. The molecule has 0 atom stereocenters. The molecule has 0 unspecified atom stereocenters. The quantitative estimate of drug-likeness (QED) is 0.721. The van der Waals surface area contributed by atoms with Crippen molar-refractivity contribution in [1.82, 2.24) is 5.16 Å². The largest absolute Gasteiger partial charge is 0.355 e. The number of nitrogens with zero attached hydrogens (tertiary/aromatic N) is 2. The van der Waals surface area contributed by atoms with Gasteiger partial charge in [0.05, 0.1) is 0 Å². The van der Waals surface area contributed by atoms with Crippen LogP contribution in [0.5, 0.6) is 0 Å². The maximum absolute atomic E-state index is 12.7. The van der Waals surface area contributed by atoms with Gasteiger partial charge in [0.15, 0.2) is 11.5 Å². The summed E-state index contributed by atoms with van der Waals surface area (Å²) in [5.41, 5.74) is 3.24. The number of hydrogen-bond acceptors (Lipinski definition) is 3. The second-order valence-electron chi connectivity index (χ2n) is 5.33. The average Bonchev–Trinajstić information content (AvgIpc) is 3.07. The van der Waals surface area contributed by atoms with Gasteiger partial charge >= 0.3 is 0 Å². The highest BCUT2D eigenvalue weighted by atomic mass is 16.5. The van der Waals surface area contributed by atoms with Crippen LogP contribution < -0.4 is 4.90 Å². The smallest absolute Gasteiger partial charge is 0.280 e. The first-order chi connectivity index (χ1) is 11.2. The number of aromatic nitrogens is 1. The van der Waals surface area contributed by atoms with Crippen molar-refractivity contribution in [2.45, 2.75) is 13.8 Å². The Morgan fingerprint density at radius 1 is 1.09 bits per heavy atom. The zero-order valence-corrected chi connectivity index (χ0v) is 13.2. The Hall–Kier alpha value is -2.88. The maximum atomic E-state index is 12.7. The zero-order chi connectivity index (χ0) is 16.2. The van der Waals surface area contributed by atoms with E-state index in [0.717, 1.165) is 11.3 Å². The van der Waals surface area contributed by atoms with Crippen molar-refractivity contribution in [3.63, 3.8) is 0 Å². The summed E-state index contributed by atoms with van der Waals surface area (Å²) in [5.74, 6) is 0.429. The third-order valence-electron chi connectivity index (χ3n) is 3.69. The second-order valence-corrected chi connectivity index (χ2v) is 5.33. The summed E-state index contributed by atoms with van der Waals surface area (Å²) < 4.78 is 5.34. The molecule has 0 saturated heterocycles. The Balaban J connectivity index is 1.87. The van der Waals surface area contributed by atoms with Crippen LogP contribution in [0.3, 0.4) is 0 Å². The predicted molar refractivity (Wildman–Crippen MR) is 90.5 cm³/mol. The summed E-state index contributed by atoms with van der Waals surface area (Å²) >= 11 is 0. The van der Waals surface area contributed by atoms with Crippen molar-refractivity contribution in [3.05, 3.63) is 71.9 Å². The molecule has 0 radical (unpaired) electrons. The molecule has 1 heterocycles. The Morgan fingerprint density at radius 2 is 1.78 bits per heavy atom. The summed E-state index contributed by atoms with van der Waals surface area (Å²) in [6.45, 7) is 4.53. The number of amides is 1. The van der Waals surface area contributed by atoms with E-state index in [4.69, 9.17) is 4.52 Å². The Kier molecular flexibility index (Phi) is 4.24. The van der Waals surface area contributed by atoms with Crippen LogP contribution in [-0.2, 0) is 0 Å². The van der Waals surface area contributed by atoms with Crippen LogP contribution in [0.15, 0.2) is 65.2 Å². The van der Waals surface area contributed by atoms with Gasteiger partial charge in [0, 0.05) is 23.9 Å². The van der Waals surface area contributed by atoms with Gasteiger partial charge in [-0.2, -0.15) is 0 Å². The number of hydrogen-bond donors (Lipinski definition) is 0. The first-order valence-corrected chi connectivity index (χ1v) is 7.59. The minimum Gasteiger partial charge on any atom is -0.355 e.